The highest BCUT2D eigenvalue weighted by molar-refractivity contribution is 5.66. The number of carboxylic acid groups (broad SMARTS) is 1. The second-order valence-electron chi connectivity index (χ2n) is 3.46. The van der Waals surface area contributed by atoms with Gasteiger partial charge in [0.15, 0.2) is 0 Å². The van der Waals surface area contributed by atoms with Gasteiger partial charge >= 0.3 is 6.09 Å². The Balaban J connectivity index is 2.07. The smallest absolute Gasteiger partial charge is 0.407 e. The van der Waals surface area contributed by atoms with Crippen molar-refractivity contribution < 1.29 is 24.5 Å². The van der Waals surface area contributed by atoms with Gasteiger partial charge in [0.25, 0.3) is 0 Å². The summed E-state index contributed by atoms with van der Waals surface area (Å²) < 4.78 is 10.4. The van der Waals surface area contributed by atoms with Crippen molar-refractivity contribution in [3.8, 4) is 0 Å². The fourth-order valence-corrected chi connectivity index (χ4v) is 2.19. The molecule has 2 aliphatic heterocycles. The highest BCUT2D eigenvalue weighted by Crippen LogP contribution is 2.30. The van der Waals surface area contributed by atoms with Crippen LogP contribution in [-0.2, 0) is 9.47 Å². The van der Waals surface area contributed by atoms with E-state index in [-0.39, 0.29) is 18.2 Å². The number of likely N-dealkylation sites (tertiary alicyclic amines) is 1. The van der Waals surface area contributed by atoms with Crippen LogP contribution in [0.25, 0.3) is 0 Å². The Bertz CT molecular complexity index is 232. The molecule has 3 atom stereocenters. The van der Waals surface area contributed by atoms with Crippen LogP contribution in [0.4, 0.5) is 4.79 Å². The molecule has 2 aliphatic rings. The van der Waals surface area contributed by atoms with Crippen molar-refractivity contribution in [2.45, 2.75) is 24.7 Å². The summed E-state index contributed by atoms with van der Waals surface area (Å²) >= 11 is 0. The zero-order chi connectivity index (χ0) is 10.1. The minimum absolute atomic E-state index is 0.0670. The molecule has 0 aromatic heterocycles. The zero-order valence-electron chi connectivity index (χ0n) is 7.63. The molecular formula is C8H13NO5. The van der Waals surface area contributed by atoms with Crippen LogP contribution >= 0.6 is 0 Å². The first kappa shape index (κ1) is 9.70. The van der Waals surface area contributed by atoms with Gasteiger partial charge in [0.2, 0.25) is 0 Å². The van der Waals surface area contributed by atoms with Crippen LogP contribution in [0.5, 0.6) is 0 Å². The number of amides is 1. The average molecular weight is 203 g/mol. The van der Waals surface area contributed by atoms with Crippen molar-refractivity contribution in [3.63, 3.8) is 0 Å². The lowest BCUT2D eigenvalue weighted by molar-refractivity contribution is -0.0676. The Labute approximate surface area is 81.0 Å². The Hall–Kier alpha value is -0.850. The molecule has 14 heavy (non-hydrogen) atoms. The Morgan fingerprint density at radius 2 is 2.43 bits per heavy atom. The first-order valence-electron chi connectivity index (χ1n) is 4.57. The van der Waals surface area contributed by atoms with Crippen LogP contribution in [-0.4, -0.2) is 59.4 Å². The van der Waals surface area contributed by atoms with Crippen LogP contribution in [0.3, 0.4) is 0 Å². The first-order chi connectivity index (χ1) is 6.74. The highest BCUT2D eigenvalue weighted by Gasteiger charge is 2.48. The number of aliphatic hydroxyl groups is 1. The molecule has 0 aliphatic carbocycles. The zero-order valence-corrected chi connectivity index (χ0v) is 7.63. The number of nitrogens with zero attached hydrogens (tertiary/aromatic N) is 1. The van der Waals surface area contributed by atoms with Crippen LogP contribution < -0.4 is 0 Å². The molecular weight excluding hydrogens is 190 g/mol. The predicted molar refractivity (Wildman–Crippen MR) is 44.8 cm³/mol. The fourth-order valence-electron chi connectivity index (χ4n) is 2.19. The molecule has 6 nitrogen and oxygen atoms in total. The Kier molecular flexibility index (Phi) is 2.58. The third-order valence-electron chi connectivity index (χ3n) is 2.79. The molecule has 6 heteroatoms. The summed E-state index contributed by atoms with van der Waals surface area (Å²) in [4.78, 5) is 12.2. The van der Waals surface area contributed by atoms with Gasteiger partial charge < -0.3 is 19.7 Å². The average Bonchev–Trinajstić information content (AvgIpc) is 2.67. The number of ether oxygens (including phenoxy) is 2. The summed E-state index contributed by atoms with van der Waals surface area (Å²) in [7, 11) is 0. The van der Waals surface area contributed by atoms with E-state index >= 15 is 0 Å². The van der Waals surface area contributed by atoms with Crippen molar-refractivity contribution in [1.29, 1.82) is 0 Å². The molecule has 0 bridgehead atoms. The standard InChI is InChI=1S/C8H13NO5/c10-4-14-6-3-13-5-1-2-9(7(5)6)8(11)12/h5-7,10H,1-4H2,(H,11,12). The minimum Gasteiger partial charge on any atom is -0.465 e. The molecule has 2 heterocycles. The van der Waals surface area contributed by atoms with Gasteiger partial charge in [0, 0.05) is 6.54 Å². The van der Waals surface area contributed by atoms with E-state index in [0.29, 0.717) is 19.6 Å². The van der Waals surface area contributed by atoms with Gasteiger partial charge in [0.05, 0.1) is 18.8 Å². The topological polar surface area (TPSA) is 79.2 Å². The maximum atomic E-state index is 10.8. The third kappa shape index (κ3) is 1.45. The lowest BCUT2D eigenvalue weighted by Crippen LogP contribution is -2.44. The van der Waals surface area contributed by atoms with Gasteiger partial charge in [-0.05, 0) is 6.42 Å². The molecule has 0 saturated carbocycles. The lowest BCUT2D eigenvalue weighted by atomic mass is 10.1. The van der Waals surface area contributed by atoms with E-state index in [0.717, 1.165) is 0 Å². The second-order valence-corrected chi connectivity index (χ2v) is 3.46. The summed E-state index contributed by atoms with van der Waals surface area (Å²) in [6.45, 7) is 0.445. The molecule has 2 rings (SSSR count). The van der Waals surface area contributed by atoms with E-state index in [1.54, 1.807) is 0 Å². The molecule has 0 aromatic carbocycles. The largest absolute Gasteiger partial charge is 0.465 e. The van der Waals surface area contributed by atoms with Gasteiger partial charge in [0.1, 0.15) is 12.9 Å². The molecule has 0 radical (unpaired) electrons. The van der Waals surface area contributed by atoms with E-state index in [2.05, 4.69) is 0 Å². The molecule has 2 saturated heterocycles. The van der Waals surface area contributed by atoms with Crippen molar-refractivity contribution >= 4 is 6.09 Å². The first-order valence-corrected chi connectivity index (χ1v) is 4.57. The number of hydrogen-bond donors (Lipinski definition) is 2. The number of rotatable bonds is 2. The number of fused-ring (bicyclic) bond motifs is 1. The predicted octanol–water partition coefficient (Wildman–Crippen LogP) is -0.528. The Morgan fingerprint density at radius 1 is 1.64 bits per heavy atom. The van der Waals surface area contributed by atoms with Gasteiger partial charge in [-0.1, -0.05) is 0 Å². The minimum atomic E-state index is -0.950. The second kappa shape index (κ2) is 3.72. The van der Waals surface area contributed by atoms with Crippen LogP contribution in [0.1, 0.15) is 6.42 Å². The van der Waals surface area contributed by atoms with Crippen molar-refractivity contribution in [1.82, 2.24) is 4.90 Å². The summed E-state index contributed by atoms with van der Waals surface area (Å²) in [5, 5.41) is 17.5. The van der Waals surface area contributed by atoms with Crippen molar-refractivity contribution in [3.05, 3.63) is 0 Å². The molecule has 3 unspecified atom stereocenters. The normalized spacial score (nSPS) is 36.1. The lowest BCUT2D eigenvalue weighted by Gasteiger charge is -2.24. The monoisotopic (exact) mass is 203 g/mol. The summed E-state index contributed by atoms with van der Waals surface area (Å²) in [6, 6.07) is -0.250. The van der Waals surface area contributed by atoms with Crippen molar-refractivity contribution in [2.75, 3.05) is 19.9 Å². The summed E-state index contributed by atoms with van der Waals surface area (Å²) in [5.74, 6) is 0. The summed E-state index contributed by atoms with van der Waals surface area (Å²) in [6.07, 6.45) is -0.636. The quantitative estimate of drug-likeness (QED) is 0.590. The Morgan fingerprint density at radius 3 is 3.07 bits per heavy atom. The maximum Gasteiger partial charge on any atom is 0.407 e. The molecule has 2 N–H and O–H groups in total. The van der Waals surface area contributed by atoms with Crippen LogP contribution in [0, 0.1) is 0 Å². The molecule has 2 fully saturated rings. The van der Waals surface area contributed by atoms with Gasteiger partial charge in [-0.15, -0.1) is 0 Å². The molecule has 80 valence electrons. The maximum absolute atomic E-state index is 10.8. The van der Waals surface area contributed by atoms with Crippen LogP contribution in [0.15, 0.2) is 0 Å². The third-order valence-corrected chi connectivity index (χ3v) is 2.79. The fraction of sp³-hybridized carbons (Fsp3) is 0.875. The van der Waals surface area contributed by atoms with E-state index in [1.807, 2.05) is 0 Å². The van der Waals surface area contributed by atoms with E-state index in [1.165, 1.54) is 4.90 Å². The molecule has 0 aromatic rings. The van der Waals surface area contributed by atoms with Gasteiger partial charge in [-0.2, -0.15) is 0 Å². The summed E-state index contributed by atoms with van der Waals surface area (Å²) in [5.41, 5.74) is 0. The number of carbonyl (C=O) groups is 1. The number of aliphatic hydroxyl groups excluding tert-OH is 1. The van der Waals surface area contributed by atoms with Crippen LogP contribution in [0.2, 0.25) is 0 Å². The SMILES string of the molecule is O=C(O)N1CCC2OCC(OCO)C21. The van der Waals surface area contributed by atoms with Crippen molar-refractivity contribution in [2.24, 2.45) is 0 Å². The molecule has 1 amide bonds. The van der Waals surface area contributed by atoms with E-state index < -0.39 is 12.9 Å². The van der Waals surface area contributed by atoms with Gasteiger partial charge in [-0.3, -0.25) is 4.90 Å². The van der Waals surface area contributed by atoms with E-state index in [4.69, 9.17) is 19.7 Å². The van der Waals surface area contributed by atoms with E-state index in [9.17, 15) is 4.79 Å². The highest BCUT2D eigenvalue weighted by atomic mass is 16.6. The van der Waals surface area contributed by atoms with Gasteiger partial charge in [-0.25, -0.2) is 4.79 Å². The number of hydrogen-bond acceptors (Lipinski definition) is 4. The molecule has 0 spiro atoms.